The summed E-state index contributed by atoms with van der Waals surface area (Å²) >= 11 is 1.74. The van der Waals surface area contributed by atoms with E-state index in [0.29, 0.717) is 24.9 Å². The molecule has 4 heteroatoms. The molecule has 0 bridgehead atoms. The van der Waals surface area contributed by atoms with Crippen LogP contribution in [0.1, 0.15) is 31.2 Å². The molecule has 1 amide bonds. The zero-order valence-electron chi connectivity index (χ0n) is 9.19. The van der Waals surface area contributed by atoms with E-state index in [-0.39, 0.29) is 5.91 Å². The molecule has 15 heavy (non-hydrogen) atoms. The van der Waals surface area contributed by atoms with Gasteiger partial charge < -0.3 is 11.1 Å². The molecule has 1 aromatic rings. The molecule has 0 saturated carbocycles. The van der Waals surface area contributed by atoms with Crippen LogP contribution in [0.2, 0.25) is 0 Å². The fraction of sp³-hybridized carbons (Fsp3) is 0.545. The molecular weight excluding hydrogens is 208 g/mol. The minimum atomic E-state index is -0.254. The first kappa shape index (κ1) is 12.2. The maximum absolute atomic E-state index is 10.6. The van der Waals surface area contributed by atoms with Crippen LogP contribution in [-0.2, 0) is 4.79 Å². The first-order valence-corrected chi connectivity index (χ1v) is 6.04. The van der Waals surface area contributed by atoms with Gasteiger partial charge in [-0.05, 0) is 17.4 Å². The van der Waals surface area contributed by atoms with Crippen molar-refractivity contribution in [1.82, 2.24) is 5.32 Å². The number of hydrogen-bond acceptors (Lipinski definition) is 3. The lowest BCUT2D eigenvalue weighted by Crippen LogP contribution is -2.28. The highest BCUT2D eigenvalue weighted by molar-refractivity contribution is 7.10. The molecule has 0 fully saturated rings. The summed E-state index contributed by atoms with van der Waals surface area (Å²) in [6.07, 6.45) is 0.397. The minimum Gasteiger partial charge on any atom is -0.370 e. The van der Waals surface area contributed by atoms with Gasteiger partial charge >= 0.3 is 0 Å². The zero-order valence-corrected chi connectivity index (χ0v) is 10.0. The Bertz CT molecular complexity index is 296. The van der Waals surface area contributed by atoms with E-state index in [1.165, 1.54) is 4.88 Å². The molecule has 1 atom stereocenters. The van der Waals surface area contributed by atoms with Gasteiger partial charge in [0, 0.05) is 23.9 Å². The van der Waals surface area contributed by atoms with Gasteiger partial charge in [-0.3, -0.25) is 4.79 Å². The fourth-order valence-corrected chi connectivity index (χ4v) is 2.46. The van der Waals surface area contributed by atoms with Crippen molar-refractivity contribution in [2.45, 2.75) is 26.3 Å². The van der Waals surface area contributed by atoms with E-state index < -0.39 is 0 Å². The van der Waals surface area contributed by atoms with Gasteiger partial charge in [0.15, 0.2) is 0 Å². The number of carbonyl (C=O) groups excluding carboxylic acids is 1. The average Bonchev–Trinajstić information content (AvgIpc) is 2.63. The molecule has 0 saturated heterocycles. The molecule has 1 heterocycles. The van der Waals surface area contributed by atoms with E-state index in [0.717, 1.165) is 0 Å². The zero-order chi connectivity index (χ0) is 11.3. The van der Waals surface area contributed by atoms with Crippen LogP contribution in [0.4, 0.5) is 0 Å². The Kier molecular flexibility index (Phi) is 4.78. The van der Waals surface area contributed by atoms with Crippen molar-refractivity contribution in [2.75, 3.05) is 6.54 Å². The largest absolute Gasteiger partial charge is 0.370 e. The van der Waals surface area contributed by atoms with Gasteiger partial charge in [0.25, 0.3) is 0 Å². The summed E-state index contributed by atoms with van der Waals surface area (Å²) in [7, 11) is 0. The van der Waals surface area contributed by atoms with Crippen molar-refractivity contribution in [3.05, 3.63) is 22.4 Å². The summed E-state index contributed by atoms with van der Waals surface area (Å²) in [6, 6.07) is 4.49. The first-order valence-electron chi connectivity index (χ1n) is 5.16. The van der Waals surface area contributed by atoms with Crippen molar-refractivity contribution in [3.63, 3.8) is 0 Å². The van der Waals surface area contributed by atoms with Gasteiger partial charge in [0.2, 0.25) is 5.91 Å². The number of nitrogens with one attached hydrogen (secondary N) is 1. The van der Waals surface area contributed by atoms with Crippen LogP contribution >= 0.6 is 11.3 Å². The lowest BCUT2D eigenvalue weighted by molar-refractivity contribution is -0.117. The molecule has 1 rings (SSSR count). The second-order valence-corrected chi connectivity index (χ2v) is 4.89. The third kappa shape index (κ3) is 4.01. The normalized spacial score (nSPS) is 13.0. The highest BCUT2D eigenvalue weighted by Crippen LogP contribution is 2.25. The van der Waals surface area contributed by atoms with E-state index in [4.69, 9.17) is 5.73 Å². The Morgan fingerprint density at radius 1 is 1.60 bits per heavy atom. The van der Waals surface area contributed by atoms with E-state index >= 15 is 0 Å². The lowest BCUT2D eigenvalue weighted by atomic mass is 10.0. The Labute approximate surface area is 94.7 Å². The van der Waals surface area contributed by atoms with Crippen LogP contribution in [0.15, 0.2) is 17.5 Å². The molecule has 1 unspecified atom stereocenters. The Morgan fingerprint density at radius 2 is 2.33 bits per heavy atom. The molecule has 0 spiro atoms. The Hall–Kier alpha value is -0.870. The van der Waals surface area contributed by atoms with Gasteiger partial charge in [-0.2, -0.15) is 0 Å². The quantitative estimate of drug-likeness (QED) is 0.778. The van der Waals surface area contributed by atoms with Crippen molar-refractivity contribution in [3.8, 4) is 0 Å². The highest BCUT2D eigenvalue weighted by atomic mass is 32.1. The topological polar surface area (TPSA) is 55.1 Å². The highest BCUT2D eigenvalue weighted by Gasteiger charge is 2.15. The molecule has 0 radical (unpaired) electrons. The van der Waals surface area contributed by atoms with Gasteiger partial charge in [0.05, 0.1) is 0 Å². The van der Waals surface area contributed by atoms with Crippen molar-refractivity contribution < 1.29 is 4.79 Å². The molecular formula is C11H18N2OS. The van der Waals surface area contributed by atoms with Gasteiger partial charge in [0.1, 0.15) is 0 Å². The number of amides is 1. The molecule has 1 aromatic heterocycles. The predicted molar refractivity (Wildman–Crippen MR) is 63.7 cm³/mol. The second kappa shape index (κ2) is 5.88. The van der Waals surface area contributed by atoms with Gasteiger partial charge in [-0.25, -0.2) is 0 Å². The van der Waals surface area contributed by atoms with Crippen molar-refractivity contribution in [2.24, 2.45) is 11.7 Å². The summed E-state index contributed by atoms with van der Waals surface area (Å²) in [5, 5.41) is 5.43. The van der Waals surface area contributed by atoms with E-state index in [2.05, 4.69) is 30.6 Å². The summed E-state index contributed by atoms with van der Waals surface area (Å²) in [6.45, 7) is 4.99. The summed E-state index contributed by atoms with van der Waals surface area (Å²) in [5.74, 6) is 0.257. The minimum absolute atomic E-state index is 0.254. The van der Waals surface area contributed by atoms with E-state index in [1.807, 2.05) is 6.07 Å². The fourth-order valence-electron chi connectivity index (χ4n) is 1.48. The van der Waals surface area contributed by atoms with Crippen molar-refractivity contribution in [1.29, 1.82) is 0 Å². The van der Waals surface area contributed by atoms with Crippen molar-refractivity contribution >= 4 is 17.2 Å². The first-order chi connectivity index (χ1) is 7.11. The standard InChI is InChI=1S/C11H18N2OS/c1-8(2)11(9-4-3-7-15-9)13-6-5-10(12)14/h3-4,7-8,11,13H,5-6H2,1-2H3,(H2,12,14). The average molecular weight is 226 g/mol. The maximum atomic E-state index is 10.6. The number of thiophene rings is 1. The van der Waals surface area contributed by atoms with Gasteiger partial charge in [-0.15, -0.1) is 11.3 Å². The summed E-state index contributed by atoms with van der Waals surface area (Å²) < 4.78 is 0. The maximum Gasteiger partial charge on any atom is 0.218 e. The third-order valence-electron chi connectivity index (χ3n) is 2.25. The van der Waals surface area contributed by atoms with Crippen LogP contribution in [0.25, 0.3) is 0 Å². The van der Waals surface area contributed by atoms with Crippen LogP contribution in [0, 0.1) is 5.92 Å². The molecule has 0 aliphatic heterocycles. The monoisotopic (exact) mass is 226 g/mol. The summed E-state index contributed by atoms with van der Waals surface area (Å²) in [4.78, 5) is 11.9. The SMILES string of the molecule is CC(C)C(NCCC(N)=O)c1cccs1. The summed E-state index contributed by atoms with van der Waals surface area (Å²) in [5.41, 5.74) is 5.10. The number of primary amides is 1. The van der Waals surface area contributed by atoms with Crippen LogP contribution in [0.5, 0.6) is 0 Å². The van der Waals surface area contributed by atoms with Gasteiger partial charge in [-0.1, -0.05) is 19.9 Å². The molecule has 0 aliphatic rings. The smallest absolute Gasteiger partial charge is 0.218 e. The molecule has 3 N–H and O–H groups in total. The second-order valence-electron chi connectivity index (χ2n) is 3.91. The molecule has 3 nitrogen and oxygen atoms in total. The third-order valence-corrected chi connectivity index (χ3v) is 3.21. The Morgan fingerprint density at radius 3 is 2.80 bits per heavy atom. The van der Waals surface area contributed by atoms with E-state index in [9.17, 15) is 4.79 Å². The molecule has 0 aliphatic carbocycles. The van der Waals surface area contributed by atoms with Crippen LogP contribution < -0.4 is 11.1 Å². The number of carbonyl (C=O) groups is 1. The molecule has 84 valence electrons. The van der Waals surface area contributed by atoms with Crippen LogP contribution in [0.3, 0.4) is 0 Å². The number of nitrogens with two attached hydrogens (primary N) is 1. The Balaban J connectivity index is 2.49. The predicted octanol–water partition coefficient (Wildman–Crippen LogP) is 1.91. The lowest BCUT2D eigenvalue weighted by Gasteiger charge is -2.20. The number of rotatable bonds is 6. The van der Waals surface area contributed by atoms with Crippen LogP contribution in [-0.4, -0.2) is 12.5 Å². The van der Waals surface area contributed by atoms with E-state index in [1.54, 1.807) is 11.3 Å². The molecule has 0 aromatic carbocycles. The number of hydrogen-bond donors (Lipinski definition) is 2.